The van der Waals surface area contributed by atoms with Crippen molar-refractivity contribution in [3.8, 4) is 5.75 Å². The zero-order chi connectivity index (χ0) is 21.6. The predicted molar refractivity (Wildman–Crippen MR) is 116 cm³/mol. The summed E-state index contributed by atoms with van der Waals surface area (Å²) in [6.07, 6.45) is 0. The quantitative estimate of drug-likeness (QED) is 0.656. The van der Waals surface area contributed by atoms with Gasteiger partial charge in [0.1, 0.15) is 11.8 Å². The Morgan fingerprint density at radius 2 is 1.79 bits per heavy atom. The van der Waals surface area contributed by atoms with E-state index in [9.17, 15) is 9.59 Å². The van der Waals surface area contributed by atoms with E-state index in [0.29, 0.717) is 22.3 Å². The molecule has 0 aliphatic rings. The number of aryl methyl sites for hydroxylation is 1. The van der Waals surface area contributed by atoms with Crippen molar-refractivity contribution in [2.75, 3.05) is 6.61 Å². The van der Waals surface area contributed by atoms with Gasteiger partial charge in [-0.3, -0.25) is 9.59 Å². The van der Waals surface area contributed by atoms with E-state index in [-0.39, 0.29) is 24.5 Å². The summed E-state index contributed by atoms with van der Waals surface area (Å²) in [5.41, 5.74) is 2.01. The number of carbonyl (C=O) groups is 2. The van der Waals surface area contributed by atoms with Gasteiger partial charge in [-0.1, -0.05) is 47.5 Å². The average Bonchev–Trinajstić information content (AvgIpc) is 2.65. The molecule has 0 saturated carbocycles. The maximum absolute atomic E-state index is 13.0. The summed E-state index contributed by atoms with van der Waals surface area (Å²) in [7, 11) is 0. The zero-order valence-corrected chi connectivity index (χ0v) is 18.6. The number of rotatable bonds is 8. The normalized spacial score (nSPS) is 11.8. The molecule has 0 fully saturated rings. The van der Waals surface area contributed by atoms with Crippen LogP contribution in [0.1, 0.15) is 31.9 Å². The topological polar surface area (TPSA) is 58.6 Å². The van der Waals surface area contributed by atoms with E-state index in [1.54, 1.807) is 25.1 Å². The van der Waals surface area contributed by atoms with Gasteiger partial charge in [0.05, 0.1) is 5.02 Å². The molecule has 0 spiro atoms. The Kier molecular flexibility index (Phi) is 8.35. The van der Waals surface area contributed by atoms with Gasteiger partial charge < -0.3 is 15.0 Å². The van der Waals surface area contributed by atoms with Crippen molar-refractivity contribution >= 4 is 35.0 Å². The number of benzene rings is 2. The smallest absolute Gasteiger partial charge is 0.261 e. The first-order chi connectivity index (χ1) is 13.7. The van der Waals surface area contributed by atoms with Gasteiger partial charge in [0.2, 0.25) is 5.91 Å². The van der Waals surface area contributed by atoms with Crippen molar-refractivity contribution in [1.29, 1.82) is 0 Å². The molecule has 0 radical (unpaired) electrons. The number of ether oxygens (including phenoxy) is 1. The fraction of sp³-hybridized carbons (Fsp3) is 0.364. The van der Waals surface area contributed by atoms with Crippen molar-refractivity contribution < 1.29 is 14.3 Å². The second-order valence-electron chi connectivity index (χ2n) is 7.15. The molecule has 2 aromatic carbocycles. The molecule has 7 heteroatoms. The molecule has 156 valence electrons. The van der Waals surface area contributed by atoms with Gasteiger partial charge in [0.15, 0.2) is 6.61 Å². The van der Waals surface area contributed by atoms with Crippen LogP contribution in [0.2, 0.25) is 10.0 Å². The molecule has 0 heterocycles. The first kappa shape index (κ1) is 23.0. The zero-order valence-electron chi connectivity index (χ0n) is 17.0. The molecule has 0 saturated heterocycles. The molecule has 2 amide bonds. The molecule has 0 bridgehead atoms. The highest BCUT2D eigenvalue weighted by molar-refractivity contribution is 6.35. The van der Waals surface area contributed by atoms with Crippen molar-refractivity contribution in [3.05, 3.63) is 63.6 Å². The third-order valence-corrected chi connectivity index (χ3v) is 4.98. The molecule has 0 aliphatic heterocycles. The standard InChI is InChI=1S/C22H26Cl2N2O3/c1-14(2)25-22(28)16(4)26(12-17-8-6-5-7-15(17)3)21(27)13-29-20-10-9-18(23)11-19(20)24/h5-11,14,16H,12-13H2,1-4H3,(H,25,28)/t16-/m0/s1. The first-order valence-electron chi connectivity index (χ1n) is 9.41. The van der Waals surface area contributed by atoms with E-state index in [1.165, 1.54) is 4.90 Å². The Labute approximate surface area is 181 Å². The van der Waals surface area contributed by atoms with E-state index in [0.717, 1.165) is 11.1 Å². The molecule has 5 nitrogen and oxygen atoms in total. The minimum atomic E-state index is -0.659. The second kappa shape index (κ2) is 10.5. The number of carbonyl (C=O) groups excluding carboxylic acids is 2. The molecule has 0 aliphatic carbocycles. The largest absolute Gasteiger partial charge is 0.482 e. The Bertz CT molecular complexity index is 871. The lowest BCUT2D eigenvalue weighted by Crippen LogP contribution is -2.50. The van der Waals surface area contributed by atoms with Crippen molar-refractivity contribution in [1.82, 2.24) is 10.2 Å². The maximum Gasteiger partial charge on any atom is 0.261 e. The summed E-state index contributed by atoms with van der Waals surface area (Å²) in [5, 5.41) is 3.66. The van der Waals surface area contributed by atoms with Crippen LogP contribution in [0.3, 0.4) is 0 Å². The summed E-state index contributed by atoms with van der Waals surface area (Å²) < 4.78 is 5.60. The third kappa shape index (κ3) is 6.65. The van der Waals surface area contributed by atoms with Crippen LogP contribution in [0.5, 0.6) is 5.75 Å². The van der Waals surface area contributed by atoms with Crippen molar-refractivity contribution in [2.45, 2.75) is 46.3 Å². The third-order valence-electron chi connectivity index (χ3n) is 4.45. The summed E-state index contributed by atoms with van der Waals surface area (Å²) >= 11 is 12.0. The molecular weight excluding hydrogens is 411 g/mol. The minimum Gasteiger partial charge on any atom is -0.482 e. The maximum atomic E-state index is 13.0. The fourth-order valence-electron chi connectivity index (χ4n) is 2.77. The van der Waals surface area contributed by atoms with Crippen LogP contribution >= 0.6 is 23.2 Å². The Balaban J connectivity index is 2.19. The van der Waals surface area contributed by atoms with Gasteiger partial charge in [-0.25, -0.2) is 0 Å². The van der Waals surface area contributed by atoms with E-state index < -0.39 is 6.04 Å². The molecule has 2 aromatic rings. The Morgan fingerprint density at radius 3 is 2.41 bits per heavy atom. The van der Waals surface area contributed by atoms with Gasteiger partial charge in [0.25, 0.3) is 5.91 Å². The van der Waals surface area contributed by atoms with E-state index in [1.807, 2.05) is 45.0 Å². The molecule has 0 unspecified atom stereocenters. The predicted octanol–water partition coefficient (Wildman–Crippen LogP) is 4.62. The summed E-state index contributed by atoms with van der Waals surface area (Å²) in [6, 6.07) is 11.9. The first-order valence-corrected chi connectivity index (χ1v) is 10.2. The van der Waals surface area contributed by atoms with E-state index in [4.69, 9.17) is 27.9 Å². The molecular formula is C22H26Cl2N2O3. The number of nitrogens with one attached hydrogen (secondary N) is 1. The van der Waals surface area contributed by atoms with Crippen molar-refractivity contribution in [2.24, 2.45) is 0 Å². The molecule has 0 aromatic heterocycles. The molecule has 1 atom stereocenters. The number of hydrogen-bond donors (Lipinski definition) is 1. The highest BCUT2D eigenvalue weighted by atomic mass is 35.5. The van der Waals surface area contributed by atoms with Gasteiger partial charge in [-0.05, 0) is 57.0 Å². The Morgan fingerprint density at radius 1 is 1.10 bits per heavy atom. The summed E-state index contributed by atoms with van der Waals surface area (Å²) in [5.74, 6) is -0.170. The van der Waals surface area contributed by atoms with Gasteiger partial charge in [0, 0.05) is 17.6 Å². The molecule has 2 rings (SSSR count). The summed E-state index contributed by atoms with van der Waals surface area (Å²) in [6.45, 7) is 7.50. The van der Waals surface area contributed by atoms with Gasteiger partial charge >= 0.3 is 0 Å². The van der Waals surface area contributed by atoms with Crippen molar-refractivity contribution in [3.63, 3.8) is 0 Å². The summed E-state index contributed by atoms with van der Waals surface area (Å²) in [4.78, 5) is 27.1. The van der Waals surface area contributed by atoms with Crippen LogP contribution in [0.15, 0.2) is 42.5 Å². The van der Waals surface area contributed by atoms with Crippen LogP contribution in [-0.2, 0) is 16.1 Å². The minimum absolute atomic E-state index is 0.0236. The van der Waals surface area contributed by atoms with Gasteiger partial charge in [-0.15, -0.1) is 0 Å². The molecule has 1 N–H and O–H groups in total. The van der Waals surface area contributed by atoms with Crippen LogP contribution in [0.25, 0.3) is 0 Å². The number of halogens is 2. The number of amides is 2. The average molecular weight is 437 g/mol. The van der Waals surface area contributed by atoms with Gasteiger partial charge in [-0.2, -0.15) is 0 Å². The lowest BCUT2D eigenvalue weighted by atomic mass is 10.1. The van der Waals surface area contributed by atoms with Crippen LogP contribution < -0.4 is 10.1 Å². The lowest BCUT2D eigenvalue weighted by molar-refractivity contribution is -0.142. The van der Waals surface area contributed by atoms with Crippen LogP contribution in [-0.4, -0.2) is 35.4 Å². The van der Waals surface area contributed by atoms with E-state index >= 15 is 0 Å². The van der Waals surface area contributed by atoms with Crippen LogP contribution in [0, 0.1) is 6.92 Å². The highest BCUT2D eigenvalue weighted by Gasteiger charge is 2.27. The number of nitrogens with zero attached hydrogens (tertiary/aromatic N) is 1. The van der Waals surface area contributed by atoms with E-state index in [2.05, 4.69) is 5.32 Å². The lowest BCUT2D eigenvalue weighted by Gasteiger charge is -2.29. The molecule has 29 heavy (non-hydrogen) atoms. The highest BCUT2D eigenvalue weighted by Crippen LogP contribution is 2.27. The van der Waals surface area contributed by atoms with Crippen LogP contribution in [0.4, 0.5) is 0 Å². The Hall–Kier alpha value is -2.24. The fourth-order valence-corrected chi connectivity index (χ4v) is 3.24. The SMILES string of the molecule is Cc1ccccc1CN(C(=O)COc1ccc(Cl)cc1Cl)[C@@H](C)C(=O)NC(C)C. The monoisotopic (exact) mass is 436 g/mol. The second-order valence-corrected chi connectivity index (χ2v) is 7.99. The number of hydrogen-bond acceptors (Lipinski definition) is 3.